The molecular formula is C29H41NO5. The van der Waals surface area contributed by atoms with E-state index in [0.29, 0.717) is 25.9 Å². The molecule has 0 heterocycles. The number of hydrogen-bond acceptors (Lipinski definition) is 5. The molecule has 2 rings (SSSR count). The van der Waals surface area contributed by atoms with E-state index in [1.54, 1.807) is 0 Å². The first-order valence-electron chi connectivity index (χ1n) is 12.5. The van der Waals surface area contributed by atoms with E-state index in [0.717, 1.165) is 30.6 Å². The molecule has 0 aromatic heterocycles. The van der Waals surface area contributed by atoms with Crippen LogP contribution in [0, 0.1) is 0 Å². The summed E-state index contributed by atoms with van der Waals surface area (Å²) in [5.74, 6) is 0.473. The summed E-state index contributed by atoms with van der Waals surface area (Å²) in [6, 6.07) is 18.5. The topological polar surface area (TPSA) is 73.9 Å². The minimum absolute atomic E-state index is 0.0995. The lowest BCUT2D eigenvalue weighted by molar-refractivity contribution is -0.143. The van der Waals surface area contributed by atoms with Crippen molar-refractivity contribution in [1.29, 1.82) is 0 Å². The van der Waals surface area contributed by atoms with E-state index in [1.165, 1.54) is 12.5 Å². The zero-order valence-corrected chi connectivity index (χ0v) is 21.9. The number of rotatable bonds is 13. The molecule has 6 nitrogen and oxygen atoms in total. The van der Waals surface area contributed by atoms with Crippen molar-refractivity contribution in [3.8, 4) is 5.75 Å². The van der Waals surface area contributed by atoms with E-state index >= 15 is 0 Å². The van der Waals surface area contributed by atoms with Crippen molar-refractivity contribution in [1.82, 2.24) is 5.32 Å². The van der Waals surface area contributed by atoms with Gasteiger partial charge in [-0.25, -0.2) is 4.79 Å². The number of unbranched alkanes of at least 4 members (excludes halogenated alkanes) is 1. The van der Waals surface area contributed by atoms with Crippen LogP contribution in [-0.2, 0) is 27.1 Å². The largest absolute Gasteiger partial charge is 0.494 e. The van der Waals surface area contributed by atoms with Gasteiger partial charge in [0.05, 0.1) is 12.1 Å². The van der Waals surface area contributed by atoms with Crippen molar-refractivity contribution in [3.05, 3.63) is 65.7 Å². The fraction of sp³-hybridized carbons (Fsp3) is 0.517. The van der Waals surface area contributed by atoms with Crippen LogP contribution in [0.15, 0.2) is 54.6 Å². The summed E-state index contributed by atoms with van der Waals surface area (Å²) in [6.45, 7) is 9.58. The molecule has 0 radical (unpaired) electrons. The summed E-state index contributed by atoms with van der Waals surface area (Å²) in [7, 11) is 0. The zero-order valence-electron chi connectivity index (χ0n) is 21.9. The third-order valence-electron chi connectivity index (χ3n) is 5.78. The summed E-state index contributed by atoms with van der Waals surface area (Å²) >= 11 is 0. The van der Waals surface area contributed by atoms with Crippen LogP contribution in [0.2, 0.25) is 0 Å². The first kappa shape index (κ1) is 28.2. The van der Waals surface area contributed by atoms with Crippen LogP contribution in [0.3, 0.4) is 0 Å². The molecule has 1 N–H and O–H groups in total. The van der Waals surface area contributed by atoms with Crippen LogP contribution in [0.25, 0.3) is 0 Å². The summed E-state index contributed by atoms with van der Waals surface area (Å²) in [6.07, 6.45) is 4.56. The lowest BCUT2D eigenvalue weighted by atomic mass is 9.89. The van der Waals surface area contributed by atoms with Gasteiger partial charge in [-0.2, -0.15) is 0 Å². The average molecular weight is 484 g/mol. The van der Waals surface area contributed by atoms with Crippen LogP contribution in [-0.4, -0.2) is 36.4 Å². The number of hydrogen-bond donors (Lipinski definition) is 1. The van der Waals surface area contributed by atoms with E-state index in [-0.39, 0.29) is 12.6 Å². The molecule has 0 aliphatic heterocycles. The third kappa shape index (κ3) is 11.3. The molecule has 0 saturated heterocycles. The molecule has 0 bridgehead atoms. The summed E-state index contributed by atoms with van der Waals surface area (Å²) in [4.78, 5) is 23.9. The van der Waals surface area contributed by atoms with E-state index < -0.39 is 17.2 Å². The minimum Gasteiger partial charge on any atom is -0.494 e. The Morgan fingerprint density at radius 3 is 2.14 bits per heavy atom. The maximum Gasteiger partial charge on any atom is 0.408 e. The number of aryl methyl sites for hydroxylation is 2. The Kier molecular flexibility index (Phi) is 11.1. The SMILES string of the molecule is CCC(CCc1ccc(OCCCCc2ccccc2)cc1)(COC(C)=O)NC(=O)OC(C)(C)C. The molecule has 0 saturated carbocycles. The van der Waals surface area contributed by atoms with Crippen molar-refractivity contribution in [2.45, 2.75) is 84.3 Å². The van der Waals surface area contributed by atoms with Gasteiger partial charge in [-0.05, 0) is 82.6 Å². The maximum absolute atomic E-state index is 12.5. The Labute approximate surface area is 210 Å². The molecule has 1 atom stereocenters. The number of benzene rings is 2. The van der Waals surface area contributed by atoms with Crippen LogP contribution < -0.4 is 10.1 Å². The second-order valence-corrected chi connectivity index (χ2v) is 9.98. The Morgan fingerprint density at radius 2 is 1.54 bits per heavy atom. The number of esters is 1. The second kappa shape index (κ2) is 13.8. The van der Waals surface area contributed by atoms with Gasteiger partial charge in [-0.3, -0.25) is 4.79 Å². The van der Waals surface area contributed by atoms with Crippen LogP contribution in [0.5, 0.6) is 5.75 Å². The number of carbonyl (C=O) groups is 2. The number of nitrogens with one attached hydrogen (secondary N) is 1. The standard InChI is InChI=1S/C29H41NO5/c1-6-29(22-34-23(2)31,30-27(32)35-28(3,4)5)20-19-25-15-17-26(18-16-25)33-21-11-10-14-24-12-8-7-9-13-24/h7-9,12-13,15-18H,6,10-11,14,19-22H2,1-5H3,(H,30,32). The molecule has 192 valence electrons. The van der Waals surface area contributed by atoms with Crippen molar-refractivity contribution in [2.24, 2.45) is 0 Å². The number of ether oxygens (including phenoxy) is 3. The average Bonchev–Trinajstić information content (AvgIpc) is 2.81. The fourth-order valence-corrected chi connectivity index (χ4v) is 3.70. The van der Waals surface area contributed by atoms with Gasteiger partial charge in [-0.15, -0.1) is 0 Å². The first-order valence-corrected chi connectivity index (χ1v) is 12.5. The third-order valence-corrected chi connectivity index (χ3v) is 5.78. The highest BCUT2D eigenvalue weighted by Gasteiger charge is 2.33. The number of amides is 1. The van der Waals surface area contributed by atoms with Gasteiger partial charge in [0.25, 0.3) is 0 Å². The van der Waals surface area contributed by atoms with Gasteiger partial charge in [0.1, 0.15) is 18.0 Å². The molecule has 2 aromatic carbocycles. The molecular weight excluding hydrogens is 442 g/mol. The quantitative estimate of drug-likeness (QED) is 0.269. The van der Waals surface area contributed by atoms with Gasteiger partial charge in [0.2, 0.25) is 0 Å². The first-order chi connectivity index (χ1) is 16.6. The molecule has 35 heavy (non-hydrogen) atoms. The smallest absolute Gasteiger partial charge is 0.408 e. The van der Waals surface area contributed by atoms with Gasteiger partial charge in [0, 0.05) is 6.92 Å². The minimum atomic E-state index is -0.706. The predicted octanol–water partition coefficient (Wildman–Crippen LogP) is 6.26. The van der Waals surface area contributed by atoms with Crippen molar-refractivity contribution >= 4 is 12.1 Å². The molecule has 1 amide bonds. The molecule has 0 spiro atoms. The molecule has 0 fully saturated rings. The predicted molar refractivity (Wildman–Crippen MR) is 139 cm³/mol. The highest BCUT2D eigenvalue weighted by atomic mass is 16.6. The van der Waals surface area contributed by atoms with Crippen LogP contribution in [0.1, 0.15) is 71.4 Å². The van der Waals surface area contributed by atoms with Gasteiger partial charge in [-0.1, -0.05) is 49.4 Å². The van der Waals surface area contributed by atoms with Crippen molar-refractivity contribution in [2.75, 3.05) is 13.2 Å². The van der Waals surface area contributed by atoms with Crippen LogP contribution >= 0.6 is 0 Å². The second-order valence-electron chi connectivity index (χ2n) is 9.98. The Morgan fingerprint density at radius 1 is 0.886 bits per heavy atom. The molecule has 6 heteroatoms. The van der Waals surface area contributed by atoms with E-state index in [2.05, 4.69) is 29.6 Å². The highest BCUT2D eigenvalue weighted by Crippen LogP contribution is 2.22. The number of carbonyl (C=O) groups excluding carboxylic acids is 2. The molecule has 0 aliphatic carbocycles. The van der Waals surface area contributed by atoms with Gasteiger partial charge < -0.3 is 19.5 Å². The number of alkyl carbamates (subject to hydrolysis) is 1. The lowest BCUT2D eigenvalue weighted by Crippen LogP contribution is -2.53. The van der Waals surface area contributed by atoms with Crippen molar-refractivity contribution in [3.63, 3.8) is 0 Å². The summed E-state index contributed by atoms with van der Waals surface area (Å²) in [5, 5.41) is 2.96. The Balaban J connectivity index is 1.86. The van der Waals surface area contributed by atoms with Gasteiger partial charge >= 0.3 is 12.1 Å². The zero-order chi connectivity index (χ0) is 25.7. The van der Waals surface area contributed by atoms with E-state index in [9.17, 15) is 9.59 Å². The molecule has 0 aliphatic rings. The summed E-state index contributed by atoms with van der Waals surface area (Å²) < 4.78 is 16.6. The highest BCUT2D eigenvalue weighted by molar-refractivity contribution is 5.69. The molecule has 1 unspecified atom stereocenters. The van der Waals surface area contributed by atoms with Crippen molar-refractivity contribution < 1.29 is 23.8 Å². The summed E-state index contributed by atoms with van der Waals surface area (Å²) in [5.41, 5.74) is 1.16. The van der Waals surface area contributed by atoms with Crippen LogP contribution in [0.4, 0.5) is 4.79 Å². The monoisotopic (exact) mass is 483 g/mol. The lowest BCUT2D eigenvalue weighted by Gasteiger charge is -2.34. The molecule has 2 aromatic rings. The Bertz CT molecular complexity index is 905. The fourth-order valence-electron chi connectivity index (χ4n) is 3.70. The van der Waals surface area contributed by atoms with E-state index in [4.69, 9.17) is 14.2 Å². The Hall–Kier alpha value is -3.02. The normalized spacial score (nSPS) is 12.9. The maximum atomic E-state index is 12.5. The van der Waals surface area contributed by atoms with Gasteiger partial charge in [0.15, 0.2) is 0 Å². The van der Waals surface area contributed by atoms with E-state index in [1.807, 2.05) is 58.0 Å².